The molecule has 1 aromatic carbocycles. The normalized spacial score (nSPS) is 11.1. The Labute approximate surface area is 123 Å². The van der Waals surface area contributed by atoms with Crippen molar-refractivity contribution >= 4 is 33.1 Å². The molecule has 7 heteroatoms. The van der Waals surface area contributed by atoms with Gasteiger partial charge in [-0.05, 0) is 37.3 Å². The second-order valence-electron chi connectivity index (χ2n) is 4.00. The van der Waals surface area contributed by atoms with Gasteiger partial charge in [0.05, 0.1) is 5.69 Å². The van der Waals surface area contributed by atoms with Crippen molar-refractivity contribution in [3.63, 3.8) is 0 Å². The van der Waals surface area contributed by atoms with E-state index in [-0.39, 0.29) is 4.90 Å². The molecular formula is C13H14ClN3O2S. The molecule has 0 aliphatic carbocycles. The molecule has 20 heavy (non-hydrogen) atoms. The number of pyridine rings is 1. The maximum absolute atomic E-state index is 12.4. The van der Waals surface area contributed by atoms with Crippen LogP contribution in [0.5, 0.6) is 0 Å². The number of aromatic nitrogens is 1. The molecule has 0 amide bonds. The monoisotopic (exact) mass is 311 g/mol. The van der Waals surface area contributed by atoms with E-state index in [2.05, 4.69) is 15.0 Å². The molecule has 0 atom stereocenters. The van der Waals surface area contributed by atoms with E-state index in [1.54, 1.807) is 30.3 Å². The second-order valence-corrected chi connectivity index (χ2v) is 6.08. The summed E-state index contributed by atoms with van der Waals surface area (Å²) in [5, 5.41) is 3.38. The third kappa shape index (κ3) is 3.40. The number of hydrogen-bond donors (Lipinski definition) is 2. The Kier molecular flexibility index (Phi) is 4.46. The third-order valence-corrected chi connectivity index (χ3v) is 4.13. The van der Waals surface area contributed by atoms with Gasteiger partial charge in [-0.1, -0.05) is 17.7 Å². The third-order valence-electron chi connectivity index (χ3n) is 2.48. The zero-order valence-corrected chi connectivity index (χ0v) is 12.4. The number of halogens is 1. The highest BCUT2D eigenvalue weighted by Crippen LogP contribution is 2.23. The molecule has 0 unspecified atom stereocenters. The predicted octanol–water partition coefficient (Wildman–Crippen LogP) is 2.97. The maximum atomic E-state index is 12.4. The van der Waals surface area contributed by atoms with Gasteiger partial charge in [0.1, 0.15) is 10.7 Å². The number of hydrogen-bond acceptors (Lipinski definition) is 4. The van der Waals surface area contributed by atoms with Gasteiger partial charge in [0, 0.05) is 17.8 Å². The molecule has 106 valence electrons. The molecule has 1 aromatic heterocycles. The van der Waals surface area contributed by atoms with E-state index in [1.807, 2.05) is 6.92 Å². The van der Waals surface area contributed by atoms with Crippen LogP contribution in [0.3, 0.4) is 0 Å². The molecule has 0 saturated carbocycles. The molecule has 2 N–H and O–H groups in total. The summed E-state index contributed by atoms with van der Waals surface area (Å²) in [6.07, 6.45) is 1.54. The summed E-state index contributed by atoms with van der Waals surface area (Å²) >= 11 is 5.84. The molecule has 0 aliphatic heterocycles. The second kappa shape index (κ2) is 6.11. The fourth-order valence-corrected chi connectivity index (χ4v) is 3.04. The highest BCUT2D eigenvalue weighted by atomic mass is 35.5. The Morgan fingerprint density at radius 2 is 2.05 bits per heavy atom. The fourth-order valence-electron chi connectivity index (χ4n) is 1.67. The van der Waals surface area contributed by atoms with Crippen molar-refractivity contribution in [3.8, 4) is 0 Å². The smallest absolute Gasteiger partial charge is 0.265 e. The average molecular weight is 312 g/mol. The van der Waals surface area contributed by atoms with Crippen molar-refractivity contribution < 1.29 is 8.42 Å². The van der Waals surface area contributed by atoms with E-state index in [0.717, 1.165) is 0 Å². The highest BCUT2D eigenvalue weighted by Gasteiger charge is 2.19. The zero-order valence-electron chi connectivity index (χ0n) is 10.8. The molecule has 5 nitrogen and oxygen atoms in total. The standard InChI is InChI=1S/C13H14ClN3O2S/c1-2-15-13-12(7-4-8-16-13)20(18,19)17-11-6-3-5-10(14)9-11/h3-9,17H,2H2,1H3,(H,15,16). The van der Waals surface area contributed by atoms with E-state index < -0.39 is 10.0 Å². The molecule has 2 rings (SSSR count). The largest absolute Gasteiger partial charge is 0.369 e. The van der Waals surface area contributed by atoms with Gasteiger partial charge in [-0.3, -0.25) is 4.72 Å². The van der Waals surface area contributed by atoms with Crippen molar-refractivity contribution in [3.05, 3.63) is 47.6 Å². The van der Waals surface area contributed by atoms with Crippen LogP contribution >= 0.6 is 11.6 Å². The zero-order chi connectivity index (χ0) is 14.6. The number of sulfonamides is 1. The number of anilines is 2. The van der Waals surface area contributed by atoms with Crippen LogP contribution in [0.25, 0.3) is 0 Å². The SMILES string of the molecule is CCNc1ncccc1S(=O)(=O)Nc1cccc(Cl)c1. The lowest BCUT2D eigenvalue weighted by Crippen LogP contribution is -2.16. The highest BCUT2D eigenvalue weighted by molar-refractivity contribution is 7.92. The van der Waals surface area contributed by atoms with Gasteiger partial charge >= 0.3 is 0 Å². The lowest BCUT2D eigenvalue weighted by molar-refractivity contribution is 0.601. The Balaban J connectivity index is 2.36. The molecule has 2 aromatic rings. The van der Waals surface area contributed by atoms with Crippen LogP contribution in [0.15, 0.2) is 47.5 Å². The number of nitrogens with zero attached hydrogens (tertiary/aromatic N) is 1. The number of nitrogens with one attached hydrogen (secondary N) is 2. The summed E-state index contributed by atoms with van der Waals surface area (Å²) in [6, 6.07) is 9.60. The van der Waals surface area contributed by atoms with Crippen molar-refractivity contribution in [2.75, 3.05) is 16.6 Å². The average Bonchev–Trinajstić information content (AvgIpc) is 2.39. The maximum Gasteiger partial charge on any atom is 0.265 e. The first kappa shape index (κ1) is 14.6. The van der Waals surface area contributed by atoms with E-state index in [9.17, 15) is 8.42 Å². The summed E-state index contributed by atoms with van der Waals surface area (Å²) < 4.78 is 27.2. The Hall–Kier alpha value is -1.79. The van der Waals surface area contributed by atoms with Crippen LogP contribution in [0.1, 0.15) is 6.92 Å². The quantitative estimate of drug-likeness (QED) is 0.890. The molecule has 0 radical (unpaired) electrons. The Bertz CT molecular complexity index is 704. The topological polar surface area (TPSA) is 71.1 Å². The van der Waals surface area contributed by atoms with Gasteiger partial charge in [0.25, 0.3) is 10.0 Å². The van der Waals surface area contributed by atoms with Crippen LogP contribution < -0.4 is 10.0 Å². The minimum absolute atomic E-state index is 0.0989. The Morgan fingerprint density at radius 1 is 1.25 bits per heavy atom. The van der Waals surface area contributed by atoms with Crippen LogP contribution in [-0.2, 0) is 10.0 Å². The van der Waals surface area contributed by atoms with E-state index >= 15 is 0 Å². The molecule has 0 aliphatic rings. The van der Waals surface area contributed by atoms with Crippen LogP contribution in [-0.4, -0.2) is 19.9 Å². The van der Waals surface area contributed by atoms with Crippen molar-refractivity contribution in [1.29, 1.82) is 0 Å². The van der Waals surface area contributed by atoms with E-state index in [0.29, 0.717) is 23.1 Å². The predicted molar refractivity (Wildman–Crippen MR) is 80.7 cm³/mol. The molecule has 0 spiro atoms. The van der Waals surface area contributed by atoms with E-state index in [1.165, 1.54) is 12.3 Å². The van der Waals surface area contributed by atoms with Gasteiger partial charge in [-0.25, -0.2) is 13.4 Å². The lowest BCUT2D eigenvalue weighted by atomic mass is 10.3. The van der Waals surface area contributed by atoms with Crippen LogP contribution in [0.4, 0.5) is 11.5 Å². The number of benzene rings is 1. The summed E-state index contributed by atoms with van der Waals surface area (Å²) in [7, 11) is -3.72. The van der Waals surface area contributed by atoms with Gasteiger partial charge in [-0.15, -0.1) is 0 Å². The first-order valence-electron chi connectivity index (χ1n) is 6.00. The summed E-state index contributed by atoms with van der Waals surface area (Å²) in [5.41, 5.74) is 0.406. The van der Waals surface area contributed by atoms with Gasteiger partial charge in [-0.2, -0.15) is 0 Å². The fraction of sp³-hybridized carbons (Fsp3) is 0.154. The van der Waals surface area contributed by atoms with Gasteiger partial charge < -0.3 is 5.32 Å². The van der Waals surface area contributed by atoms with Crippen molar-refractivity contribution in [2.24, 2.45) is 0 Å². The molecule has 1 heterocycles. The molecule has 0 fully saturated rings. The first-order valence-corrected chi connectivity index (χ1v) is 7.86. The number of rotatable bonds is 5. The first-order chi connectivity index (χ1) is 9.53. The van der Waals surface area contributed by atoms with Crippen molar-refractivity contribution in [1.82, 2.24) is 4.98 Å². The van der Waals surface area contributed by atoms with Crippen LogP contribution in [0.2, 0.25) is 5.02 Å². The molecule has 0 saturated heterocycles. The minimum atomic E-state index is -3.72. The molecule has 0 bridgehead atoms. The molecular weight excluding hydrogens is 298 g/mol. The van der Waals surface area contributed by atoms with Crippen molar-refractivity contribution in [2.45, 2.75) is 11.8 Å². The minimum Gasteiger partial charge on any atom is -0.369 e. The summed E-state index contributed by atoms with van der Waals surface area (Å²) in [4.78, 5) is 4.14. The summed E-state index contributed by atoms with van der Waals surface area (Å²) in [5.74, 6) is 0.324. The van der Waals surface area contributed by atoms with Gasteiger partial charge in [0.15, 0.2) is 0 Å². The Morgan fingerprint density at radius 3 is 2.75 bits per heavy atom. The van der Waals surface area contributed by atoms with Gasteiger partial charge in [0.2, 0.25) is 0 Å². The summed E-state index contributed by atoms with van der Waals surface area (Å²) in [6.45, 7) is 2.45. The van der Waals surface area contributed by atoms with Crippen LogP contribution in [0, 0.1) is 0 Å². The lowest BCUT2D eigenvalue weighted by Gasteiger charge is -2.12. The van der Waals surface area contributed by atoms with E-state index in [4.69, 9.17) is 11.6 Å².